The van der Waals surface area contributed by atoms with Crippen LogP contribution in [0.3, 0.4) is 0 Å². The molecule has 0 heterocycles. The standard InChI is InChI=1S/C15H21N3O2/c1-2-18(10-11-4-3-5-11)15(19)13-8-6-12(7-9-13)14(16)17-20/h6-9,11,20H,2-5,10H2,1H3,(H2,16,17). The van der Waals surface area contributed by atoms with E-state index in [2.05, 4.69) is 5.16 Å². The molecule has 1 fully saturated rings. The number of carbonyl (C=O) groups excluding carboxylic acids is 1. The van der Waals surface area contributed by atoms with Gasteiger partial charge in [0.2, 0.25) is 0 Å². The van der Waals surface area contributed by atoms with Crippen LogP contribution in [0.15, 0.2) is 29.4 Å². The molecule has 3 N–H and O–H groups in total. The quantitative estimate of drug-likeness (QED) is 0.373. The highest BCUT2D eigenvalue weighted by atomic mass is 16.4. The lowest BCUT2D eigenvalue weighted by Crippen LogP contribution is -2.37. The molecule has 0 spiro atoms. The maximum Gasteiger partial charge on any atom is 0.253 e. The lowest BCUT2D eigenvalue weighted by Gasteiger charge is -2.31. The highest BCUT2D eigenvalue weighted by Gasteiger charge is 2.23. The number of carbonyl (C=O) groups is 1. The number of hydrogen-bond acceptors (Lipinski definition) is 3. The average Bonchev–Trinajstić information content (AvgIpc) is 2.45. The fraction of sp³-hybridized carbons (Fsp3) is 0.467. The molecule has 1 aromatic carbocycles. The van der Waals surface area contributed by atoms with Crippen LogP contribution in [-0.2, 0) is 0 Å². The lowest BCUT2D eigenvalue weighted by atomic mass is 9.85. The van der Waals surface area contributed by atoms with E-state index in [0.717, 1.165) is 13.1 Å². The summed E-state index contributed by atoms with van der Waals surface area (Å²) in [5.74, 6) is 0.756. The van der Waals surface area contributed by atoms with Crippen LogP contribution in [0.5, 0.6) is 0 Å². The zero-order chi connectivity index (χ0) is 14.5. The largest absolute Gasteiger partial charge is 0.409 e. The summed E-state index contributed by atoms with van der Waals surface area (Å²) in [6, 6.07) is 6.83. The number of rotatable bonds is 5. The van der Waals surface area contributed by atoms with E-state index in [0.29, 0.717) is 17.0 Å². The van der Waals surface area contributed by atoms with Gasteiger partial charge in [-0.25, -0.2) is 0 Å². The van der Waals surface area contributed by atoms with Gasteiger partial charge in [-0.2, -0.15) is 0 Å². The first-order valence-corrected chi connectivity index (χ1v) is 7.03. The molecule has 108 valence electrons. The Morgan fingerprint density at radius 3 is 2.40 bits per heavy atom. The molecule has 1 saturated carbocycles. The highest BCUT2D eigenvalue weighted by Crippen LogP contribution is 2.27. The van der Waals surface area contributed by atoms with E-state index in [1.165, 1.54) is 19.3 Å². The Morgan fingerprint density at radius 2 is 1.95 bits per heavy atom. The fourth-order valence-electron chi connectivity index (χ4n) is 2.37. The first-order chi connectivity index (χ1) is 9.65. The molecule has 1 aliphatic carbocycles. The Balaban J connectivity index is 2.06. The van der Waals surface area contributed by atoms with Crippen LogP contribution in [0.1, 0.15) is 42.1 Å². The molecule has 0 radical (unpaired) electrons. The van der Waals surface area contributed by atoms with Gasteiger partial charge >= 0.3 is 0 Å². The summed E-state index contributed by atoms with van der Waals surface area (Å²) < 4.78 is 0. The Labute approximate surface area is 119 Å². The lowest BCUT2D eigenvalue weighted by molar-refractivity contribution is 0.0706. The van der Waals surface area contributed by atoms with E-state index in [4.69, 9.17) is 10.9 Å². The molecule has 1 aromatic rings. The first kappa shape index (κ1) is 14.4. The van der Waals surface area contributed by atoms with Gasteiger partial charge in [-0.3, -0.25) is 4.79 Å². The zero-order valence-corrected chi connectivity index (χ0v) is 11.7. The smallest absolute Gasteiger partial charge is 0.253 e. The molecule has 0 atom stereocenters. The SMILES string of the molecule is CCN(CC1CCC1)C(=O)c1ccc(/C(N)=N/O)cc1. The molecular weight excluding hydrogens is 254 g/mol. The minimum Gasteiger partial charge on any atom is -0.409 e. The van der Waals surface area contributed by atoms with Crippen molar-refractivity contribution < 1.29 is 10.0 Å². The average molecular weight is 275 g/mol. The van der Waals surface area contributed by atoms with Crippen molar-refractivity contribution in [1.82, 2.24) is 4.90 Å². The molecule has 5 heteroatoms. The van der Waals surface area contributed by atoms with Crippen molar-refractivity contribution in [3.63, 3.8) is 0 Å². The number of nitrogens with two attached hydrogens (primary N) is 1. The van der Waals surface area contributed by atoms with Gasteiger partial charge in [-0.1, -0.05) is 23.7 Å². The van der Waals surface area contributed by atoms with Crippen LogP contribution >= 0.6 is 0 Å². The minimum absolute atomic E-state index is 0.0467. The van der Waals surface area contributed by atoms with Crippen LogP contribution in [0.25, 0.3) is 0 Å². The van der Waals surface area contributed by atoms with Gasteiger partial charge in [-0.15, -0.1) is 0 Å². The Hall–Kier alpha value is -2.04. The van der Waals surface area contributed by atoms with Crippen LogP contribution in [0, 0.1) is 5.92 Å². The molecule has 2 rings (SSSR count). The van der Waals surface area contributed by atoms with Gasteiger partial charge in [0.25, 0.3) is 5.91 Å². The van der Waals surface area contributed by atoms with E-state index in [-0.39, 0.29) is 11.7 Å². The van der Waals surface area contributed by atoms with Gasteiger partial charge in [0.1, 0.15) is 0 Å². The number of hydrogen-bond donors (Lipinski definition) is 2. The normalized spacial score (nSPS) is 15.8. The van der Waals surface area contributed by atoms with Gasteiger partial charge in [0, 0.05) is 24.2 Å². The Bertz CT molecular complexity index is 492. The van der Waals surface area contributed by atoms with Crippen LogP contribution in [-0.4, -0.2) is 34.9 Å². The van der Waals surface area contributed by atoms with E-state index in [9.17, 15) is 4.79 Å². The predicted octanol–water partition coefficient (Wildman–Crippen LogP) is 2.04. The monoisotopic (exact) mass is 275 g/mol. The van der Waals surface area contributed by atoms with Crippen molar-refractivity contribution in [2.75, 3.05) is 13.1 Å². The summed E-state index contributed by atoms with van der Waals surface area (Å²) in [5, 5.41) is 11.6. The molecule has 5 nitrogen and oxygen atoms in total. The summed E-state index contributed by atoms with van der Waals surface area (Å²) in [5.41, 5.74) is 6.74. The van der Waals surface area contributed by atoms with Crippen molar-refractivity contribution in [1.29, 1.82) is 0 Å². The number of amidine groups is 1. The zero-order valence-electron chi connectivity index (χ0n) is 11.7. The van der Waals surface area contributed by atoms with Crippen molar-refractivity contribution in [3.8, 4) is 0 Å². The van der Waals surface area contributed by atoms with E-state index in [1.54, 1.807) is 24.3 Å². The summed E-state index contributed by atoms with van der Waals surface area (Å²) in [7, 11) is 0. The van der Waals surface area contributed by atoms with Gasteiger partial charge in [0.05, 0.1) is 0 Å². The second kappa shape index (κ2) is 6.41. The molecule has 0 unspecified atom stereocenters. The summed E-state index contributed by atoms with van der Waals surface area (Å²) >= 11 is 0. The summed E-state index contributed by atoms with van der Waals surface area (Å²) in [6.45, 7) is 3.57. The topological polar surface area (TPSA) is 78.9 Å². The van der Waals surface area contributed by atoms with Crippen molar-refractivity contribution >= 4 is 11.7 Å². The number of benzene rings is 1. The maximum absolute atomic E-state index is 12.4. The third kappa shape index (κ3) is 3.10. The number of nitrogens with zero attached hydrogens (tertiary/aromatic N) is 2. The van der Waals surface area contributed by atoms with Gasteiger partial charge < -0.3 is 15.8 Å². The summed E-state index contributed by atoms with van der Waals surface area (Å²) in [6.07, 6.45) is 3.74. The maximum atomic E-state index is 12.4. The fourth-order valence-corrected chi connectivity index (χ4v) is 2.37. The second-order valence-electron chi connectivity index (χ2n) is 5.20. The third-order valence-electron chi connectivity index (χ3n) is 3.91. The van der Waals surface area contributed by atoms with Crippen LogP contribution < -0.4 is 5.73 Å². The molecule has 0 saturated heterocycles. The van der Waals surface area contributed by atoms with Crippen molar-refractivity contribution in [2.24, 2.45) is 16.8 Å². The first-order valence-electron chi connectivity index (χ1n) is 7.03. The molecule has 20 heavy (non-hydrogen) atoms. The Kier molecular flexibility index (Phi) is 4.61. The second-order valence-corrected chi connectivity index (χ2v) is 5.20. The van der Waals surface area contributed by atoms with Crippen molar-refractivity contribution in [2.45, 2.75) is 26.2 Å². The van der Waals surface area contributed by atoms with Gasteiger partial charge in [-0.05, 0) is 37.8 Å². The van der Waals surface area contributed by atoms with Gasteiger partial charge in [0.15, 0.2) is 5.84 Å². The number of oxime groups is 1. The minimum atomic E-state index is 0.0467. The van der Waals surface area contributed by atoms with Crippen molar-refractivity contribution in [3.05, 3.63) is 35.4 Å². The molecule has 0 aliphatic heterocycles. The van der Waals surface area contributed by atoms with Crippen LogP contribution in [0.4, 0.5) is 0 Å². The van der Waals surface area contributed by atoms with E-state index < -0.39 is 0 Å². The predicted molar refractivity (Wildman–Crippen MR) is 77.9 cm³/mol. The summed E-state index contributed by atoms with van der Waals surface area (Å²) in [4.78, 5) is 14.3. The highest BCUT2D eigenvalue weighted by molar-refractivity contribution is 5.99. The van der Waals surface area contributed by atoms with E-state index >= 15 is 0 Å². The molecule has 1 aliphatic rings. The third-order valence-corrected chi connectivity index (χ3v) is 3.91. The molecule has 0 aromatic heterocycles. The Morgan fingerprint density at radius 1 is 1.35 bits per heavy atom. The number of amides is 1. The van der Waals surface area contributed by atoms with Crippen LogP contribution in [0.2, 0.25) is 0 Å². The molecule has 0 bridgehead atoms. The molecule has 1 amide bonds. The molecular formula is C15H21N3O2. The van der Waals surface area contributed by atoms with E-state index in [1.807, 2.05) is 11.8 Å².